The zero-order chi connectivity index (χ0) is 17.9. The molecule has 0 aliphatic rings. The molecule has 0 aromatic rings. The van der Waals surface area contributed by atoms with Crippen molar-refractivity contribution < 1.29 is 29.9 Å². The summed E-state index contributed by atoms with van der Waals surface area (Å²) in [6.07, 6.45) is 0. The van der Waals surface area contributed by atoms with Crippen LogP contribution in [-0.2, 0) is 28.5 Å². The van der Waals surface area contributed by atoms with Gasteiger partial charge in [-0.05, 0) is 6.54 Å². The van der Waals surface area contributed by atoms with Gasteiger partial charge in [-0.1, -0.05) is 20.8 Å². The number of Topliss-reactive ketones (excluding diaryl/α,β-unsaturated/α-hetero) is 1. The van der Waals surface area contributed by atoms with E-state index in [-0.39, 0.29) is 19.7 Å². The van der Waals surface area contributed by atoms with Crippen LogP contribution in [0.25, 0.3) is 0 Å². The van der Waals surface area contributed by atoms with Crippen molar-refractivity contribution >= 4 is 5.78 Å². The molecule has 146 valence electrons. The van der Waals surface area contributed by atoms with Crippen LogP contribution in [0.2, 0.25) is 0 Å². The molecule has 0 fully saturated rings. The van der Waals surface area contributed by atoms with Crippen LogP contribution < -0.4 is 5.32 Å². The Kier molecular flexibility index (Phi) is 18.3. The third-order valence-electron chi connectivity index (χ3n) is 3.05. The molecule has 0 atom stereocenters. The number of carbonyl (C=O) groups is 1. The fourth-order valence-corrected chi connectivity index (χ4v) is 1.54. The molecule has 0 heterocycles. The van der Waals surface area contributed by atoms with Crippen LogP contribution in [0.1, 0.15) is 22.2 Å². The molecule has 24 heavy (non-hydrogen) atoms. The summed E-state index contributed by atoms with van der Waals surface area (Å²) in [5.74, 6) is 0.132. The Balaban J connectivity index is 0. The van der Waals surface area contributed by atoms with Gasteiger partial charge in [0.05, 0.1) is 59.5 Å². The molecule has 0 aromatic heterocycles. The van der Waals surface area contributed by atoms with Gasteiger partial charge in [-0.3, -0.25) is 4.79 Å². The second-order valence-electron chi connectivity index (χ2n) is 5.48. The van der Waals surface area contributed by atoms with E-state index in [0.717, 1.165) is 13.1 Å². The first-order chi connectivity index (χ1) is 11.7. The summed E-state index contributed by atoms with van der Waals surface area (Å²) < 4.78 is 26.7. The lowest BCUT2D eigenvalue weighted by Gasteiger charge is -2.08. The zero-order valence-electron chi connectivity index (χ0n) is 15.5. The van der Waals surface area contributed by atoms with Crippen LogP contribution in [0.3, 0.4) is 0 Å². The predicted molar refractivity (Wildman–Crippen MR) is 94.6 cm³/mol. The van der Waals surface area contributed by atoms with Gasteiger partial charge in [0.2, 0.25) is 0 Å². The molecular formula is C17H37NO6. The summed E-state index contributed by atoms with van der Waals surface area (Å²) >= 11 is 0. The maximum Gasteiger partial charge on any atom is 0.160 e. The quantitative estimate of drug-likeness (QED) is 0.350. The number of nitrogens with one attached hydrogen (secondary N) is 1. The van der Waals surface area contributed by atoms with Crippen LogP contribution in [0.15, 0.2) is 0 Å². The van der Waals surface area contributed by atoms with Crippen molar-refractivity contribution in [3.63, 3.8) is 0 Å². The van der Waals surface area contributed by atoms with Crippen molar-refractivity contribution in [2.75, 3.05) is 79.2 Å². The number of rotatable bonds is 19. The summed E-state index contributed by atoms with van der Waals surface area (Å²) in [7, 11) is 0. The second kappa shape index (κ2) is 18.8. The number of hydrogen-bond acceptors (Lipinski definition) is 7. The Morgan fingerprint density at radius 2 is 1.21 bits per heavy atom. The SMILES string of the molecule is CCNCCOCCOCCOCCOCCOCC(=O)C(C)C.[HH]. The van der Waals surface area contributed by atoms with Crippen molar-refractivity contribution in [3.8, 4) is 0 Å². The van der Waals surface area contributed by atoms with Gasteiger partial charge in [0.15, 0.2) is 5.78 Å². The summed E-state index contributed by atoms with van der Waals surface area (Å²) in [5, 5.41) is 3.18. The summed E-state index contributed by atoms with van der Waals surface area (Å²) in [4.78, 5) is 11.3. The molecule has 0 unspecified atom stereocenters. The van der Waals surface area contributed by atoms with Gasteiger partial charge in [-0.25, -0.2) is 0 Å². The van der Waals surface area contributed by atoms with Crippen molar-refractivity contribution in [1.29, 1.82) is 0 Å². The predicted octanol–water partition coefficient (Wildman–Crippen LogP) is 1.15. The van der Waals surface area contributed by atoms with Gasteiger partial charge < -0.3 is 29.0 Å². The van der Waals surface area contributed by atoms with E-state index in [2.05, 4.69) is 12.2 Å². The van der Waals surface area contributed by atoms with Crippen molar-refractivity contribution in [3.05, 3.63) is 0 Å². The fraction of sp³-hybridized carbons (Fsp3) is 0.941. The number of likely N-dealkylation sites (N-methyl/N-ethyl adjacent to an activating group) is 1. The third-order valence-corrected chi connectivity index (χ3v) is 3.05. The highest BCUT2D eigenvalue weighted by atomic mass is 16.6. The first-order valence-corrected chi connectivity index (χ1v) is 8.80. The minimum Gasteiger partial charge on any atom is -0.378 e. The largest absolute Gasteiger partial charge is 0.378 e. The van der Waals surface area contributed by atoms with Gasteiger partial charge >= 0.3 is 0 Å². The number of carbonyl (C=O) groups excluding carboxylic acids is 1. The van der Waals surface area contributed by atoms with Crippen LogP contribution in [-0.4, -0.2) is 84.9 Å². The summed E-state index contributed by atoms with van der Waals surface area (Å²) in [5.41, 5.74) is 0. The normalized spacial score (nSPS) is 11.3. The molecule has 0 spiro atoms. The standard InChI is InChI=1S/C17H35NO6.H2/c1-4-18-5-6-20-7-8-21-9-10-22-11-12-23-13-14-24-15-17(19)16(2)3;/h16,18H,4-15H2,1-3H3;1H. The van der Waals surface area contributed by atoms with Crippen molar-refractivity contribution in [2.45, 2.75) is 20.8 Å². The first kappa shape index (κ1) is 23.4. The van der Waals surface area contributed by atoms with Crippen LogP contribution in [0, 0.1) is 5.92 Å². The highest BCUT2D eigenvalue weighted by Gasteiger charge is 2.06. The van der Waals surface area contributed by atoms with Crippen LogP contribution in [0.4, 0.5) is 0 Å². The molecule has 0 rings (SSSR count). The topological polar surface area (TPSA) is 75.2 Å². The van der Waals surface area contributed by atoms with E-state index in [4.69, 9.17) is 23.7 Å². The van der Waals surface area contributed by atoms with Gasteiger partial charge in [0.1, 0.15) is 6.61 Å². The molecule has 0 aromatic carbocycles. The Morgan fingerprint density at radius 1 is 0.792 bits per heavy atom. The lowest BCUT2D eigenvalue weighted by atomic mass is 10.1. The van der Waals surface area contributed by atoms with Crippen molar-refractivity contribution in [1.82, 2.24) is 5.32 Å². The van der Waals surface area contributed by atoms with E-state index >= 15 is 0 Å². The lowest BCUT2D eigenvalue weighted by molar-refractivity contribution is -0.127. The molecule has 0 aliphatic carbocycles. The van der Waals surface area contributed by atoms with E-state index in [1.165, 1.54) is 0 Å². The average Bonchev–Trinajstić information content (AvgIpc) is 2.57. The third kappa shape index (κ3) is 17.8. The van der Waals surface area contributed by atoms with Crippen LogP contribution in [0.5, 0.6) is 0 Å². The number of ketones is 1. The van der Waals surface area contributed by atoms with E-state index in [9.17, 15) is 4.79 Å². The Hall–Kier alpha value is -0.570. The number of ether oxygens (including phenoxy) is 5. The maximum absolute atomic E-state index is 11.3. The molecule has 0 amide bonds. The van der Waals surface area contributed by atoms with Crippen molar-refractivity contribution in [2.24, 2.45) is 5.92 Å². The maximum atomic E-state index is 11.3. The molecule has 7 heteroatoms. The smallest absolute Gasteiger partial charge is 0.160 e. The van der Waals surface area contributed by atoms with Gasteiger partial charge in [0.25, 0.3) is 0 Å². The van der Waals surface area contributed by atoms with E-state index in [1.54, 1.807) is 0 Å². The molecule has 0 aliphatic heterocycles. The van der Waals surface area contributed by atoms with E-state index in [1.807, 2.05) is 13.8 Å². The average molecular weight is 351 g/mol. The molecule has 0 saturated carbocycles. The highest BCUT2D eigenvalue weighted by Crippen LogP contribution is 1.94. The molecule has 0 bridgehead atoms. The second-order valence-corrected chi connectivity index (χ2v) is 5.48. The van der Waals surface area contributed by atoms with Gasteiger partial charge in [-0.2, -0.15) is 0 Å². The van der Waals surface area contributed by atoms with Gasteiger partial charge in [-0.15, -0.1) is 0 Å². The number of hydrogen-bond donors (Lipinski definition) is 1. The highest BCUT2D eigenvalue weighted by molar-refractivity contribution is 5.81. The fourth-order valence-electron chi connectivity index (χ4n) is 1.54. The van der Waals surface area contributed by atoms with Crippen LogP contribution >= 0.6 is 0 Å². The van der Waals surface area contributed by atoms with E-state index < -0.39 is 0 Å². The van der Waals surface area contributed by atoms with Gasteiger partial charge in [0, 0.05) is 13.9 Å². The Labute approximate surface area is 147 Å². The summed E-state index contributed by atoms with van der Waals surface area (Å²) in [6.45, 7) is 12.7. The molecule has 7 nitrogen and oxygen atoms in total. The summed E-state index contributed by atoms with van der Waals surface area (Å²) in [6, 6.07) is 0. The molecular weight excluding hydrogens is 314 g/mol. The minimum atomic E-state index is 0. The Bertz CT molecular complexity index is 282. The van der Waals surface area contributed by atoms with E-state index in [0.29, 0.717) is 59.5 Å². The monoisotopic (exact) mass is 351 g/mol. The molecule has 0 saturated heterocycles. The Morgan fingerprint density at radius 3 is 1.62 bits per heavy atom. The molecule has 0 radical (unpaired) electrons. The minimum absolute atomic E-state index is 0. The molecule has 1 N–H and O–H groups in total. The first-order valence-electron chi connectivity index (χ1n) is 8.80. The zero-order valence-corrected chi connectivity index (χ0v) is 15.5. The lowest BCUT2D eigenvalue weighted by Crippen LogP contribution is -2.20.